The van der Waals surface area contributed by atoms with E-state index >= 15 is 0 Å². The van der Waals surface area contributed by atoms with Gasteiger partial charge in [0.25, 0.3) is 0 Å². The third-order valence-corrected chi connectivity index (χ3v) is 6.67. The fourth-order valence-electron chi connectivity index (χ4n) is 3.32. The van der Waals surface area contributed by atoms with Crippen LogP contribution in [-0.4, -0.2) is 55.6 Å². The molecule has 0 radical (unpaired) electrons. The lowest BCUT2D eigenvalue weighted by molar-refractivity contribution is 0.316. The van der Waals surface area contributed by atoms with Crippen LogP contribution < -0.4 is 15.4 Å². The maximum Gasteiger partial charge on any atom is 0.213 e. The molecule has 0 aliphatic heterocycles. The monoisotopic (exact) mass is 412 g/mol. The highest BCUT2D eigenvalue weighted by Gasteiger charge is 2.20. The summed E-state index contributed by atoms with van der Waals surface area (Å²) >= 11 is 0. The normalized spacial score (nSPS) is 16.7. The third-order valence-electron chi connectivity index (χ3n) is 5.34. The van der Waals surface area contributed by atoms with Gasteiger partial charge in [-0.05, 0) is 58.4 Å². The molecule has 160 valence electrons. The van der Waals surface area contributed by atoms with E-state index < -0.39 is 10.0 Å². The summed E-state index contributed by atoms with van der Waals surface area (Å²) in [4.78, 5) is 4.45. The van der Waals surface area contributed by atoms with Gasteiger partial charge in [0.2, 0.25) is 10.0 Å². The van der Waals surface area contributed by atoms with Crippen LogP contribution in [0.25, 0.3) is 0 Å². The Labute approximate surface area is 169 Å². The molecule has 2 rings (SSSR count). The zero-order chi connectivity index (χ0) is 20.7. The number of sulfonamides is 1. The van der Waals surface area contributed by atoms with E-state index in [-0.39, 0.29) is 18.3 Å². The summed E-state index contributed by atoms with van der Waals surface area (Å²) in [6, 6.07) is 0.146. The number of hydrogen-bond acceptors (Lipinski definition) is 4. The number of nitrogens with zero attached hydrogens (tertiary/aromatic N) is 3. The number of aryl methyl sites for hydroxylation is 2. The lowest BCUT2D eigenvalue weighted by Crippen LogP contribution is -2.43. The maximum atomic E-state index is 12.1. The Balaban J connectivity index is 1.86. The van der Waals surface area contributed by atoms with Crippen molar-refractivity contribution in [1.29, 1.82) is 0 Å². The van der Waals surface area contributed by atoms with Crippen molar-refractivity contribution in [1.82, 2.24) is 25.1 Å². The molecule has 1 atom stereocenters. The van der Waals surface area contributed by atoms with Gasteiger partial charge < -0.3 is 10.6 Å². The van der Waals surface area contributed by atoms with Gasteiger partial charge in [0, 0.05) is 31.9 Å². The van der Waals surface area contributed by atoms with Crippen molar-refractivity contribution in [2.45, 2.75) is 59.4 Å². The Morgan fingerprint density at radius 1 is 1.36 bits per heavy atom. The predicted molar refractivity (Wildman–Crippen MR) is 114 cm³/mol. The number of rotatable bonds is 10. The first-order valence-corrected chi connectivity index (χ1v) is 11.9. The van der Waals surface area contributed by atoms with Crippen LogP contribution in [0.2, 0.25) is 0 Å². The highest BCUT2D eigenvalue weighted by molar-refractivity contribution is 7.89. The van der Waals surface area contributed by atoms with Crippen molar-refractivity contribution in [2.24, 2.45) is 18.0 Å². The lowest BCUT2D eigenvalue weighted by Gasteiger charge is -2.25. The van der Waals surface area contributed by atoms with E-state index in [9.17, 15) is 8.42 Å². The van der Waals surface area contributed by atoms with Gasteiger partial charge in [-0.15, -0.1) is 0 Å². The van der Waals surface area contributed by atoms with E-state index in [0.717, 1.165) is 37.2 Å². The minimum absolute atomic E-state index is 0.00545. The standard InChI is InChI=1S/C19H36N6O2S/c1-6-20-19(21-10-11-28(26,27)22-13-17-8-7-9-17)23-14(2)12-18-15(3)24-25(5)16(18)4/h14,17,22H,6-13H2,1-5H3,(H2,20,21,23). The number of aromatic nitrogens is 2. The Bertz CT molecular complexity index is 768. The van der Waals surface area contributed by atoms with Gasteiger partial charge in [0.15, 0.2) is 5.96 Å². The number of hydrogen-bond donors (Lipinski definition) is 3. The van der Waals surface area contributed by atoms with Crippen LogP contribution in [0.5, 0.6) is 0 Å². The summed E-state index contributed by atoms with van der Waals surface area (Å²) in [5.74, 6) is 1.16. The fourth-order valence-corrected chi connectivity index (χ4v) is 4.28. The summed E-state index contributed by atoms with van der Waals surface area (Å²) in [7, 11) is -1.32. The minimum Gasteiger partial charge on any atom is -0.357 e. The van der Waals surface area contributed by atoms with Gasteiger partial charge in [0.05, 0.1) is 18.0 Å². The van der Waals surface area contributed by atoms with Crippen LogP contribution in [0.3, 0.4) is 0 Å². The molecule has 0 spiro atoms. The van der Waals surface area contributed by atoms with Crippen molar-refractivity contribution in [3.05, 3.63) is 17.0 Å². The molecule has 0 saturated heterocycles. The van der Waals surface area contributed by atoms with Crippen LogP contribution in [0.1, 0.15) is 50.1 Å². The van der Waals surface area contributed by atoms with Crippen molar-refractivity contribution in [2.75, 3.05) is 25.4 Å². The summed E-state index contributed by atoms with van der Waals surface area (Å²) in [6.45, 7) is 9.69. The average molecular weight is 413 g/mol. The Morgan fingerprint density at radius 2 is 2.07 bits per heavy atom. The summed E-state index contributed by atoms with van der Waals surface area (Å²) in [5.41, 5.74) is 3.44. The molecule has 1 aromatic rings. The SMILES string of the molecule is CCNC(=NCCS(=O)(=O)NCC1CCC1)NC(C)Cc1c(C)nn(C)c1C. The van der Waals surface area contributed by atoms with Crippen molar-refractivity contribution < 1.29 is 8.42 Å². The first-order chi connectivity index (χ1) is 13.2. The molecule has 1 aromatic heterocycles. The number of aliphatic imine (C=N–C) groups is 1. The maximum absolute atomic E-state index is 12.1. The number of nitrogens with one attached hydrogen (secondary N) is 3. The highest BCUT2D eigenvalue weighted by atomic mass is 32.2. The quantitative estimate of drug-likeness (QED) is 0.397. The molecule has 0 aromatic carbocycles. The molecule has 3 N–H and O–H groups in total. The topological polar surface area (TPSA) is 100 Å². The second-order valence-electron chi connectivity index (χ2n) is 7.75. The molecular weight excluding hydrogens is 376 g/mol. The summed E-state index contributed by atoms with van der Waals surface area (Å²) in [6.07, 6.45) is 4.30. The molecule has 1 aliphatic rings. The Morgan fingerprint density at radius 3 is 2.61 bits per heavy atom. The van der Waals surface area contributed by atoms with Gasteiger partial charge in [-0.2, -0.15) is 5.10 Å². The second-order valence-corrected chi connectivity index (χ2v) is 9.67. The first kappa shape index (κ1) is 22.7. The van der Waals surface area contributed by atoms with E-state index in [2.05, 4.69) is 39.3 Å². The highest BCUT2D eigenvalue weighted by Crippen LogP contribution is 2.25. The summed E-state index contributed by atoms with van der Waals surface area (Å²) in [5, 5.41) is 11.0. The van der Waals surface area contributed by atoms with Crippen LogP contribution in [-0.2, 0) is 23.5 Å². The smallest absolute Gasteiger partial charge is 0.213 e. The van der Waals surface area contributed by atoms with Gasteiger partial charge >= 0.3 is 0 Å². The molecule has 1 heterocycles. The second kappa shape index (κ2) is 10.2. The molecule has 8 nitrogen and oxygen atoms in total. The fraction of sp³-hybridized carbons (Fsp3) is 0.789. The third kappa shape index (κ3) is 6.77. The molecule has 0 bridgehead atoms. The largest absolute Gasteiger partial charge is 0.357 e. The van der Waals surface area contributed by atoms with Gasteiger partial charge in [-0.1, -0.05) is 6.42 Å². The molecular formula is C19H36N6O2S. The van der Waals surface area contributed by atoms with Gasteiger partial charge in [-0.3, -0.25) is 9.67 Å². The van der Waals surface area contributed by atoms with Crippen molar-refractivity contribution >= 4 is 16.0 Å². The summed E-state index contributed by atoms with van der Waals surface area (Å²) < 4.78 is 28.9. The van der Waals surface area contributed by atoms with E-state index in [0.29, 0.717) is 18.4 Å². The Hall–Kier alpha value is -1.61. The molecule has 1 aliphatic carbocycles. The van der Waals surface area contributed by atoms with Crippen molar-refractivity contribution in [3.63, 3.8) is 0 Å². The average Bonchev–Trinajstić information content (AvgIpc) is 2.79. The molecule has 1 unspecified atom stereocenters. The van der Waals surface area contributed by atoms with E-state index in [1.807, 2.05) is 25.6 Å². The molecule has 28 heavy (non-hydrogen) atoms. The lowest BCUT2D eigenvalue weighted by atomic mass is 9.86. The van der Waals surface area contributed by atoms with E-state index in [1.165, 1.54) is 12.0 Å². The van der Waals surface area contributed by atoms with E-state index in [4.69, 9.17) is 0 Å². The molecule has 1 fully saturated rings. The predicted octanol–water partition coefficient (Wildman–Crippen LogP) is 1.24. The van der Waals surface area contributed by atoms with Gasteiger partial charge in [0.1, 0.15) is 0 Å². The minimum atomic E-state index is -3.27. The first-order valence-electron chi connectivity index (χ1n) is 10.2. The van der Waals surface area contributed by atoms with Crippen molar-refractivity contribution in [3.8, 4) is 0 Å². The Kier molecular flexibility index (Phi) is 8.30. The van der Waals surface area contributed by atoms with Crippen LogP contribution in [0.4, 0.5) is 0 Å². The van der Waals surface area contributed by atoms with Gasteiger partial charge in [-0.25, -0.2) is 13.1 Å². The van der Waals surface area contributed by atoms with Crippen LogP contribution >= 0.6 is 0 Å². The van der Waals surface area contributed by atoms with E-state index in [1.54, 1.807) is 0 Å². The zero-order valence-electron chi connectivity index (χ0n) is 17.9. The zero-order valence-corrected chi connectivity index (χ0v) is 18.7. The molecule has 0 amide bonds. The van der Waals surface area contributed by atoms with Crippen LogP contribution in [0, 0.1) is 19.8 Å². The molecule has 9 heteroatoms. The van der Waals surface area contributed by atoms with Crippen LogP contribution in [0.15, 0.2) is 4.99 Å². The number of guanidine groups is 1. The molecule has 1 saturated carbocycles.